The molecule has 0 saturated carbocycles. The highest BCUT2D eigenvalue weighted by molar-refractivity contribution is 5.81. The van der Waals surface area contributed by atoms with Gasteiger partial charge in [0.15, 0.2) is 0 Å². The average Bonchev–Trinajstić information content (AvgIpc) is 2.98. The van der Waals surface area contributed by atoms with E-state index in [9.17, 15) is 4.79 Å². The number of aryl methyl sites for hydroxylation is 1. The molecule has 1 aliphatic rings. The van der Waals surface area contributed by atoms with Crippen molar-refractivity contribution in [3.05, 3.63) is 35.9 Å². The van der Waals surface area contributed by atoms with Crippen LogP contribution in [0.25, 0.3) is 0 Å². The molecule has 1 aromatic rings. The van der Waals surface area contributed by atoms with Crippen LogP contribution >= 0.6 is 0 Å². The Morgan fingerprint density at radius 1 is 1.32 bits per heavy atom. The summed E-state index contributed by atoms with van der Waals surface area (Å²) in [5.41, 5.74) is 1.38. The Morgan fingerprint density at radius 3 is 2.79 bits per heavy atom. The van der Waals surface area contributed by atoms with Crippen LogP contribution in [-0.4, -0.2) is 37.0 Å². The maximum atomic E-state index is 12.1. The molecule has 1 N–H and O–H groups in total. The molecule has 0 aromatic heterocycles. The molecule has 0 radical (unpaired) electrons. The van der Waals surface area contributed by atoms with Gasteiger partial charge in [0.25, 0.3) is 0 Å². The number of nitrogens with one attached hydrogen (secondary N) is 1. The van der Waals surface area contributed by atoms with Gasteiger partial charge in [-0.2, -0.15) is 0 Å². The predicted molar refractivity (Wildman–Crippen MR) is 78.0 cm³/mol. The summed E-state index contributed by atoms with van der Waals surface area (Å²) in [5.74, 6) is 0.261. The van der Waals surface area contributed by atoms with Crippen LogP contribution in [-0.2, 0) is 11.2 Å². The first-order valence-corrected chi connectivity index (χ1v) is 7.29. The Balaban J connectivity index is 1.63. The van der Waals surface area contributed by atoms with Crippen LogP contribution in [0.1, 0.15) is 31.2 Å². The number of hydrogen-bond donors (Lipinski definition) is 1. The minimum atomic E-state index is 0.0686. The monoisotopic (exact) mass is 260 g/mol. The number of carbonyl (C=O) groups is 1. The van der Waals surface area contributed by atoms with E-state index >= 15 is 0 Å². The van der Waals surface area contributed by atoms with Crippen molar-refractivity contribution in [3.8, 4) is 0 Å². The molecule has 1 aromatic carbocycles. The number of hydrogen-bond acceptors (Lipinski definition) is 2. The van der Waals surface area contributed by atoms with Crippen molar-refractivity contribution in [2.75, 3.05) is 20.1 Å². The Bertz CT molecular complexity index is 385. The van der Waals surface area contributed by atoms with Gasteiger partial charge in [-0.25, -0.2) is 0 Å². The van der Waals surface area contributed by atoms with Gasteiger partial charge in [0.05, 0.1) is 6.04 Å². The average molecular weight is 260 g/mol. The number of likely N-dealkylation sites (N-methyl/N-ethyl adjacent to an activating group) is 1. The zero-order chi connectivity index (χ0) is 13.5. The number of rotatable bonds is 6. The molecule has 1 aliphatic heterocycles. The van der Waals surface area contributed by atoms with Gasteiger partial charge in [-0.15, -0.1) is 0 Å². The summed E-state index contributed by atoms with van der Waals surface area (Å²) in [6.45, 7) is 1.85. The summed E-state index contributed by atoms with van der Waals surface area (Å²) < 4.78 is 0. The zero-order valence-electron chi connectivity index (χ0n) is 11.8. The molecular formula is C16H24N2O. The van der Waals surface area contributed by atoms with Crippen LogP contribution in [0.3, 0.4) is 0 Å². The fraction of sp³-hybridized carbons (Fsp3) is 0.562. The summed E-state index contributed by atoms with van der Waals surface area (Å²) >= 11 is 0. The lowest BCUT2D eigenvalue weighted by molar-refractivity contribution is -0.131. The summed E-state index contributed by atoms with van der Waals surface area (Å²) in [6, 6.07) is 10.6. The van der Waals surface area contributed by atoms with Crippen molar-refractivity contribution in [1.29, 1.82) is 0 Å². The molecule has 1 amide bonds. The first kappa shape index (κ1) is 14.1. The number of nitrogens with zero attached hydrogens (tertiary/aromatic N) is 1. The number of amides is 1. The molecule has 19 heavy (non-hydrogen) atoms. The van der Waals surface area contributed by atoms with Crippen LogP contribution in [0.15, 0.2) is 30.3 Å². The molecule has 0 aliphatic carbocycles. The van der Waals surface area contributed by atoms with Gasteiger partial charge in [0.2, 0.25) is 5.91 Å². The highest BCUT2D eigenvalue weighted by atomic mass is 16.2. The van der Waals surface area contributed by atoms with E-state index in [0.29, 0.717) is 0 Å². The first-order chi connectivity index (χ1) is 9.27. The number of carbonyl (C=O) groups excluding carboxylic acids is 1. The maximum Gasteiger partial charge on any atom is 0.239 e. The highest BCUT2D eigenvalue weighted by Gasteiger charge is 2.24. The molecule has 0 spiro atoms. The van der Waals surface area contributed by atoms with Crippen LogP contribution < -0.4 is 5.32 Å². The molecule has 1 saturated heterocycles. The van der Waals surface area contributed by atoms with Crippen molar-refractivity contribution in [2.24, 2.45) is 0 Å². The molecule has 3 heteroatoms. The van der Waals surface area contributed by atoms with Crippen LogP contribution in [0.4, 0.5) is 0 Å². The minimum Gasteiger partial charge on any atom is -0.344 e. The largest absolute Gasteiger partial charge is 0.344 e. The van der Waals surface area contributed by atoms with Crippen LogP contribution in [0.5, 0.6) is 0 Å². The fourth-order valence-corrected chi connectivity index (χ4v) is 2.59. The zero-order valence-corrected chi connectivity index (χ0v) is 11.8. The van der Waals surface area contributed by atoms with Crippen LogP contribution in [0, 0.1) is 0 Å². The quantitative estimate of drug-likeness (QED) is 0.795. The first-order valence-electron chi connectivity index (χ1n) is 7.29. The molecule has 104 valence electrons. The molecular weight excluding hydrogens is 236 g/mol. The topological polar surface area (TPSA) is 32.3 Å². The summed E-state index contributed by atoms with van der Waals surface area (Å²) in [4.78, 5) is 14.0. The van der Waals surface area contributed by atoms with Crippen molar-refractivity contribution in [1.82, 2.24) is 10.2 Å². The smallest absolute Gasteiger partial charge is 0.239 e. The standard InChI is InChI=1S/C16H24N2O/c1-18(16(19)15-11-7-12-17-15)13-6-5-10-14-8-3-2-4-9-14/h2-4,8-9,15,17H,5-7,10-13H2,1H3/t15-/m1/s1. The molecule has 1 atom stereocenters. The maximum absolute atomic E-state index is 12.1. The van der Waals surface area contributed by atoms with E-state index in [1.807, 2.05) is 18.0 Å². The van der Waals surface area contributed by atoms with Crippen molar-refractivity contribution < 1.29 is 4.79 Å². The second-order valence-electron chi connectivity index (χ2n) is 5.35. The summed E-state index contributed by atoms with van der Waals surface area (Å²) in [6.07, 6.45) is 5.43. The predicted octanol–water partition coefficient (Wildman–Crippen LogP) is 2.22. The third kappa shape index (κ3) is 4.35. The van der Waals surface area contributed by atoms with E-state index < -0.39 is 0 Å². The van der Waals surface area contributed by atoms with Gasteiger partial charge < -0.3 is 10.2 Å². The molecule has 1 heterocycles. The Labute approximate surface area is 116 Å². The second kappa shape index (κ2) is 7.29. The van der Waals surface area contributed by atoms with E-state index in [-0.39, 0.29) is 11.9 Å². The third-order valence-electron chi connectivity index (χ3n) is 3.79. The van der Waals surface area contributed by atoms with E-state index in [2.05, 4.69) is 29.6 Å². The molecule has 1 fully saturated rings. The van der Waals surface area contributed by atoms with Gasteiger partial charge in [-0.1, -0.05) is 30.3 Å². The third-order valence-corrected chi connectivity index (χ3v) is 3.79. The van der Waals surface area contributed by atoms with Crippen molar-refractivity contribution in [3.63, 3.8) is 0 Å². The molecule has 3 nitrogen and oxygen atoms in total. The molecule has 0 bridgehead atoms. The Kier molecular flexibility index (Phi) is 5.40. The molecule has 0 unspecified atom stereocenters. The van der Waals surface area contributed by atoms with E-state index in [1.54, 1.807) is 0 Å². The van der Waals surface area contributed by atoms with Gasteiger partial charge in [0.1, 0.15) is 0 Å². The molecule has 2 rings (SSSR count). The SMILES string of the molecule is CN(CCCCc1ccccc1)C(=O)[C@H]1CCCN1. The normalized spacial score (nSPS) is 18.5. The number of unbranched alkanes of at least 4 members (excludes halogenated alkanes) is 1. The van der Waals surface area contributed by atoms with E-state index in [4.69, 9.17) is 0 Å². The van der Waals surface area contributed by atoms with Crippen LogP contribution in [0.2, 0.25) is 0 Å². The lowest BCUT2D eigenvalue weighted by Crippen LogP contribution is -2.41. The van der Waals surface area contributed by atoms with Gasteiger partial charge in [0, 0.05) is 13.6 Å². The van der Waals surface area contributed by atoms with Gasteiger partial charge in [-0.3, -0.25) is 4.79 Å². The Morgan fingerprint density at radius 2 is 2.11 bits per heavy atom. The summed E-state index contributed by atoms with van der Waals surface area (Å²) in [7, 11) is 1.92. The second-order valence-corrected chi connectivity index (χ2v) is 5.35. The Hall–Kier alpha value is -1.35. The van der Waals surface area contributed by atoms with Gasteiger partial charge in [-0.05, 0) is 44.2 Å². The fourth-order valence-electron chi connectivity index (χ4n) is 2.59. The van der Waals surface area contributed by atoms with Gasteiger partial charge >= 0.3 is 0 Å². The lowest BCUT2D eigenvalue weighted by atomic mass is 10.1. The van der Waals surface area contributed by atoms with E-state index in [0.717, 1.165) is 45.2 Å². The minimum absolute atomic E-state index is 0.0686. The number of benzene rings is 1. The highest BCUT2D eigenvalue weighted by Crippen LogP contribution is 2.09. The van der Waals surface area contributed by atoms with E-state index in [1.165, 1.54) is 5.56 Å². The van der Waals surface area contributed by atoms with Crippen molar-refractivity contribution >= 4 is 5.91 Å². The van der Waals surface area contributed by atoms with Crippen molar-refractivity contribution in [2.45, 2.75) is 38.1 Å². The summed E-state index contributed by atoms with van der Waals surface area (Å²) in [5, 5.41) is 3.26. The lowest BCUT2D eigenvalue weighted by Gasteiger charge is -2.21.